The molecule has 0 aliphatic rings. The molecule has 1 aromatic carbocycles. The number of aromatic amines is 1. The van der Waals surface area contributed by atoms with E-state index in [1.165, 1.54) is 0 Å². The van der Waals surface area contributed by atoms with E-state index in [0.717, 1.165) is 21.6 Å². The Kier molecular flexibility index (Phi) is 3.69. The van der Waals surface area contributed by atoms with Crippen LogP contribution in [0.3, 0.4) is 0 Å². The maximum absolute atomic E-state index is 5.24. The summed E-state index contributed by atoms with van der Waals surface area (Å²) in [6, 6.07) is 10.0. The van der Waals surface area contributed by atoms with Crippen LogP contribution in [0.25, 0.3) is 11.3 Å². The maximum atomic E-state index is 5.24. The molecule has 2 nitrogen and oxygen atoms in total. The highest BCUT2D eigenvalue weighted by molar-refractivity contribution is 9.10. The molecule has 0 atom stereocenters. The highest BCUT2D eigenvalue weighted by Gasteiger charge is 2.17. The lowest BCUT2D eigenvalue weighted by atomic mass is 9.95. The van der Waals surface area contributed by atoms with Gasteiger partial charge in [0.1, 0.15) is 10.5 Å². The van der Waals surface area contributed by atoms with Crippen molar-refractivity contribution < 1.29 is 0 Å². The molecule has 0 bridgehead atoms. The highest BCUT2D eigenvalue weighted by Crippen LogP contribution is 2.24. The summed E-state index contributed by atoms with van der Waals surface area (Å²) >= 11 is 8.68. The Morgan fingerprint density at radius 3 is 2.33 bits per heavy atom. The lowest BCUT2D eigenvalue weighted by Crippen LogP contribution is -2.16. The number of rotatable bonds is 1. The van der Waals surface area contributed by atoms with Gasteiger partial charge in [0.15, 0.2) is 0 Å². The lowest BCUT2D eigenvalue weighted by molar-refractivity contribution is 0.545. The van der Waals surface area contributed by atoms with Crippen molar-refractivity contribution in [1.82, 2.24) is 9.97 Å². The van der Waals surface area contributed by atoms with Gasteiger partial charge in [-0.25, -0.2) is 4.98 Å². The molecule has 0 unspecified atom stereocenters. The number of benzene rings is 1. The predicted molar refractivity (Wildman–Crippen MR) is 81.3 cm³/mol. The molecule has 0 fully saturated rings. The van der Waals surface area contributed by atoms with Crippen LogP contribution in [0.5, 0.6) is 0 Å². The summed E-state index contributed by atoms with van der Waals surface area (Å²) in [6.07, 6.45) is 0. The van der Waals surface area contributed by atoms with Gasteiger partial charge in [0.2, 0.25) is 0 Å². The van der Waals surface area contributed by atoms with E-state index in [4.69, 9.17) is 12.2 Å². The number of H-pyrrole nitrogens is 1. The van der Waals surface area contributed by atoms with Crippen molar-refractivity contribution in [2.45, 2.75) is 26.2 Å². The Hall–Kier alpha value is -1.00. The van der Waals surface area contributed by atoms with E-state index in [-0.39, 0.29) is 5.41 Å². The SMILES string of the molecule is CC(C)(C)c1nc(=S)cc(-c2ccc(Br)cc2)[nH]1. The monoisotopic (exact) mass is 322 g/mol. The van der Waals surface area contributed by atoms with Gasteiger partial charge in [-0.1, -0.05) is 61.1 Å². The molecule has 0 saturated carbocycles. The molecule has 94 valence electrons. The van der Waals surface area contributed by atoms with E-state index >= 15 is 0 Å². The molecule has 4 heteroatoms. The van der Waals surface area contributed by atoms with E-state index in [9.17, 15) is 0 Å². The Morgan fingerprint density at radius 1 is 1.17 bits per heavy atom. The van der Waals surface area contributed by atoms with Crippen molar-refractivity contribution in [3.8, 4) is 11.3 Å². The fraction of sp³-hybridized carbons (Fsp3) is 0.286. The van der Waals surface area contributed by atoms with Crippen LogP contribution < -0.4 is 0 Å². The van der Waals surface area contributed by atoms with Crippen LogP contribution in [-0.2, 0) is 5.41 Å². The maximum Gasteiger partial charge on any atom is 0.130 e. The molecule has 0 radical (unpaired) electrons. The Morgan fingerprint density at radius 2 is 1.78 bits per heavy atom. The molecular weight excluding hydrogens is 308 g/mol. The molecule has 2 rings (SSSR count). The van der Waals surface area contributed by atoms with Gasteiger partial charge in [0.25, 0.3) is 0 Å². The molecule has 0 aliphatic heterocycles. The third-order valence-corrected chi connectivity index (χ3v) is 3.35. The van der Waals surface area contributed by atoms with E-state index in [1.807, 2.05) is 18.2 Å². The number of aromatic nitrogens is 2. The molecule has 1 N–H and O–H groups in total. The molecule has 0 aliphatic carbocycles. The molecule has 1 aromatic heterocycles. The zero-order valence-electron chi connectivity index (χ0n) is 10.6. The Labute approximate surface area is 121 Å². The van der Waals surface area contributed by atoms with Crippen LogP contribution in [0.2, 0.25) is 0 Å². The number of nitrogens with one attached hydrogen (secondary N) is 1. The summed E-state index contributed by atoms with van der Waals surface area (Å²) in [6.45, 7) is 6.35. The predicted octanol–water partition coefficient (Wildman–Crippen LogP) is 4.87. The van der Waals surface area contributed by atoms with E-state index < -0.39 is 0 Å². The third-order valence-electron chi connectivity index (χ3n) is 2.61. The smallest absolute Gasteiger partial charge is 0.130 e. The van der Waals surface area contributed by atoms with Gasteiger partial charge < -0.3 is 4.98 Å². The van der Waals surface area contributed by atoms with Crippen molar-refractivity contribution in [3.05, 3.63) is 45.3 Å². The second kappa shape index (κ2) is 4.94. The number of hydrogen-bond donors (Lipinski definition) is 1. The minimum absolute atomic E-state index is 0.0427. The third kappa shape index (κ3) is 3.06. The van der Waals surface area contributed by atoms with E-state index in [2.05, 4.69) is 58.8 Å². The van der Waals surface area contributed by atoms with E-state index in [1.54, 1.807) is 0 Å². The van der Waals surface area contributed by atoms with Gasteiger partial charge >= 0.3 is 0 Å². The molecule has 0 amide bonds. The van der Waals surface area contributed by atoms with Crippen LogP contribution in [0.4, 0.5) is 0 Å². The van der Waals surface area contributed by atoms with Crippen molar-refractivity contribution in [3.63, 3.8) is 0 Å². The van der Waals surface area contributed by atoms with Crippen molar-refractivity contribution in [2.75, 3.05) is 0 Å². The average molecular weight is 323 g/mol. The molecule has 2 aromatic rings. The standard InChI is InChI=1S/C14H15BrN2S/c1-14(2,3)13-16-11(8-12(18)17-13)9-4-6-10(15)7-5-9/h4-8H,1-3H3,(H,16,17,18). The van der Waals surface area contributed by atoms with Gasteiger partial charge in [-0.3, -0.25) is 0 Å². The van der Waals surface area contributed by atoms with Crippen molar-refractivity contribution >= 4 is 28.1 Å². The lowest BCUT2D eigenvalue weighted by Gasteiger charge is -2.18. The zero-order chi connectivity index (χ0) is 13.3. The number of halogens is 1. The summed E-state index contributed by atoms with van der Waals surface area (Å²) in [7, 11) is 0. The summed E-state index contributed by atoms with van der Waals surface area (Å²) in [5.74, 6) is 0.910. The first kappa shape index (κ1) is 13.4. The Balaban J connectivity index is 2.55. The van der Waals surface area contributed by atoms with Gasteiger partial charge in [0.05, 0.1) is 0 Å². The largest absolute Gasteiger partial charge is 0.343 e. The van der Waals surface area contributed by atoms with Crippen molar-refractivity contribution in [2.24, 2.45) is 0 Å². The Bertz CT molecular complexity index is 609. The van der Waals surface area contributed by atoms with Gasteiger partial charge in [-0.2, -0.15) is 0 Å². The topological polar surface area (TPSA) is 28.7 Å². The fourth-order valence-corrected chi connectivity index (χ4v) is 2.07. The van der Waals surface area contributed by atoms with Gasteiger partial charge in [-0.15, -0.1) is 0 Å². The zero-order valence-corrected chi connectivity index (χ0v) is 13.0. The number of hydrogen-bond acceptors (Lipinski definition) is 2. The van der Waals surface area contributed by atoms with Crippen LogP contribution >= 0.6 is 28.1 Å². The quantitative estimate of drug-likeness (QED) is 0.759. The summed E-state index contributed by atoms with van der Waals surface area (Å²) in [4.78, 5) is 7.77. The first-order valence-corrected chi connectivity index (χ1v) is 6.94. The van der Waals surface area contributed by atoms with Crippen LogP contribution in [0.15, 0.2) is 34.8 Å². The molecule has 0 saturated heterocycles. The molecular formula is C14H15BrN2S. The van der Waals surface area contributed by atoms with Crippen molar-refractivity contribution in [1.29, 1.82) is 0 Å². The van der Waals surface area contributed by atoms with Gasteiger partial charge in [0, 0.05) is 15.6 Å². The second-order valence-corrected chi connectivity index (χ2v) is 6.57. The summed E-state index contributed by atoms with van der Waals surface area (Å²) < 4.78 is 1.69. The molecule has 1 heterocycles. The van der Waals surface area contributed by atoms with Gasteiger partial charge in [-0.05, 0) is 23.8 Å². The summed E-state index contributed by atoms with van der Waals surface area (Å²) in [5, 5.41) is 0. The first-order valence-electron chi connectivity index (χ1n) is 5.74. The van der Waals surface area contributed by atoms with Crippen LogP contribution in [0.1, 0.15) is 26.6 Å². The van der Waals surface area contributed by atoms with E-state index in [0.29, 0.717) is 4.64 Å². The molecule has 0 spiro atoms. The average Bonchev–Trinajstić information content (AvgIpc) is 2.28. The minimum Gasteiger partial charge on any atom is -0.343 e. The normalized spacial score (nSPS) is 11.6. The first-order chi connectivity index (χ1) is 8.36. The van der Waals surface area contributed by atoms with Crippen LogP contribution in [0, 0.1) is 4.64 Å². The van der Waals surface area contributed by atoms with Crippen LogP contribution in [-0.4, -0.2) is 9.97 Å². The minimum atomic E-state index is -0.0427. The fourth-order valence-electron chi connectivity index (χ4n) is 1.60. The summed E-state index contributed by atoms with van der Waals surface area (Å²) in [5.41, 5.74) is 2.07. The second-order valence-electron chi connectivity index (χ2n) is 5.24. The number of nitrogens with zero attached hydrogens (tertiary/aromatic N) is 1. The molecule has 18 heavy (non-hydrogen) atoms. The highest BCUT2D eigenvalue weighted by atomic mass is 79.9.